The van der Waals surface area contributed by atoms with Crippen molar-refractivity contribution in [1.82, 2.24) is 4.90 Å². The van der Waals surface area contributed by atoms with Gasteiger partial charge in [-0.25, -0.2) is 0 Å². The summed E-state index contributed by atoms with van der Waals surface area (Å²) in [5, 5.41) is 9.87. The van der Waals surface area contributed by atoms with Crippen LogP contribution in [0.3, 0.4) is 0 Å². The summed E-state index contributed by atoms with van der Waals surface area (Å²) >= 11 is 6.21. The number of benzene rings is 1. The first-order valence-corrected chi connectivity index (χ1v) is 7.31. The molecule has 0 heterocycles. The third-order valence-electron chi connectivity index (χ3n) is 3.91. The van der Waals surface area contributed by atoms with E-state index < -0.39 is 11.4 Å². The van der Waals surface area contributed by atoms with Crippen LogP contribution in [0.15, 0.2) is 24.3 Å². The monoisotopic (exact) mass is 297 g/mol. The predicted molar refractivity (Wildman–Crippen MR) is 83.1 cm³/mol. The average Bonchev–Trinajstić information content (AvgIpc) is 2.38. The Morgan fingerprint density at radius 3 is 2.55 bits per heavy atom. The van der Waals surface area contributed by atoms with Crippen LogP contribution in [0.5, 0.6) is 0 Å². The van der Waals surface area contributed by atoms with Crippen molar-refractivity contribution in [1.29, 1.82) is 0 Å². The van der Waals surface area contributed by atoms with Gasteiger partial charge in [-0.05, 0) is 58.8 Å². The molecule has 1 rings (SSSR count). The number of carbonyl (C=O) groups is 1. The Kier molecular flexibility index (Phi) is 6.03. The van der Waals surface area contributed by atoms with Crippen LogP contribution < -0.4 is 0 Å². The quantitative estimate of drug-likeness (QED) is 0.819. The van der Waals surface area contributed by atoms with Gasteiger partial charge in [0.15, 0.2) is 0 Å². The van der Waals surface area contributed by atoms with Crippen molar-refractivity contribution in [3.05, 3.63) is 34.9 Å². The maximum Gasteiger partial charge on any atom is 0.309 e. The number of carboxylic acid groups (broad SMARTS) is 1. The topological polar surface area (TPSA) is 40.5 Å². The molecule has 112 valence electrons. The summed E-state index contributed by atoms with van der Waals surface area (Å²) in [6.07, 6.45) is 1.52. The van der Waals surface area contributed by atoms with Gasteiger partial charge in [0.2, 0.25) is 0 Å². The van der Waals surface area contributed by atoms with Crippen LogP contribution in [-0.4, -0.2) is 29.6 Å². The largest absolute Gasteiger partial charge is 0.481 e. The minimum absolute atomic E-state index is 0.219. The van der Waals surface area contributed by atoms with Gasteiger partial charge in [0.1, 0.15) is 0 Å². The second-order valence-corrected chi connectivity index (χ2v) is 6.38. The van der Waals surface area contributed by atoms with E-state index in [-0.39, 0.29) is 6.04 Å². The maximum absolute atomic E-state index is 11.1. The van der Waals surface area contributed by atoms with Crippen LogP contribution in [-0.2, 0) is 4.79 Å². The second-order valence-electron chi connectivity index (χ2n) is 5.97. The van der Waals surface area contributed by atoms with E-state index in [1.54, 1.807) is 13.8 Å². The van der Waals surface area contributed by atoms with Crippen molar-refractivity contribution < 1.29 is 9.90 Å². The lowest BCUT2D eigenvalue weighted by Crippen LogP contribution is -2.28. The summed E-state index contributed by atoms with van der Waals surface area (Å²) in [7, 11) is 2.04. The summed E-state index contributed by atoms with van der Waals surface area (Å²) in [5.41, 5.74) is 0.447. The van der Waals surface area contributed by atoms with Crippen molar-refractivity contribution >= 4 is 17.6 Å². The molecule has 0 aliphatic rings. The molecule has 1 N–H and O–H groups in total. The third-order valence-corrected chi connectivity index (χ3v) is 4.25. The fourth-order valence-corrected chi connectivity index (χ4v) is 2.42. The van der Waals surface area contributed by atoms with Crippen molar-refractivity contribution in [3.63, 3.8) is 0 Å². The van der Waals surface area contributed by atoms with Crippen molar-refractivity contribution in [2.45, 2.75) is 39.7 Å². The number of nitrogens with zero attached hydrogens (tertiary/aromatic N) is 1. The van der Waals surface area contributed by atoms with Crippen LogP contribution >= 0.6 is 11.6 Å². The highest BCUT2D eigenvalue weighted by molar-refractivity contribution is 6.31. The number of aliphatic carboxylic acids is 1. The van der Waals surface area contributed by atoms with E-state index in [2.05, 4.69) is 11.8 Å². The van der Waals surface area contributed by atoms with Gasteiger partial charge in [0.25, 0.3) is 0 Å². The molecule has 1 aromatic rings. The Morgan fingerprint density at radius 2 is 2.00 bits per heavy atom. The minimum atomic E-state index is -0.737. The minimum Gasteiger partial charge on any atom is -0.481 e. The molecular formula is C16H24ClNO2. The molecular weight excluding hydrogens is 274 g/mol. The molecule has 1 unspecified atom stereocenters. The van der Waals surface area contributed by atoms with Crippen LogP contribution in [0.4, 0.5) is 0 Å². The van der Waals surface area contributed by atoms with Gasteiger partial charge in [-0.15, -0.1) is 0 Å². The first kappa shape index (κ1) is 17.0. The van der Waals surface area contributed by atoms with Gasteiger partial charge in [0, 0.05) is 11.1 Å². The predicted octanol–water partition coefficient (Wildman–Crippen LogP) is 4.22. The molecule has 0 saturated heterocycles. The van der Waals surface area contributed by atoms with Gasteiger partial charge in [-0.1, -0.05) is 29.8 Å². The average molecular weight is 298 g/mol. The highest BCUT2D eigenvalue weighted by Crippen LogP contribution is 2.27. The van der Waals surface area contributed by atoms with Gasteiger partial charge >= 0.3 is 5.97 Å². The van der Waals surface area contributed by atoms with Gasteiger partial charge in [0.05, 0.1) is 5.41 Å². The van der Waals surface area contributed by atoms with E-state index in [9.17, 15) is 4.79 Å². The van der Waals surface area contributed by atoms with Gasteiger partial charge in [-0.2, -0.15) is 0 Å². The lowest BCUT2D eigenvalue weighted by molar-refractivity contribution is -0.147. The third kappa shape index (κ3) is 4.50. The smallest absolute Gasteiger partial charge is 0.309 e. The van der Waals surface area contributed by atoms with E-state index in [4.69, 9.17) is 16.7 Å². The zero-order chi connectivity index (χ0) is 15.3. The van der Waals surface area contributed by atoms with Crippen LogP contribution in [0, 0.1) is 5.41 Å². The number of hydrogen-bond acceptors (Lipinski definition) is 2. The van der Waals surface area contributed by atoms with Crippen LogP contribution in [0.25, 0.3) is 0 Å². The Balaban J connectivity index is 2.53. The molecule has 0 aliphatic heterocycles. The molecule has 4 heteroatoms. The van der Waals surface area contributed by atoms with Crippen LogP contribution in [0.2, 0.25) is 5.02 Å². The zero-order valence-electron chi connectivity index (χ0n) is 12.7. The SMILES string of the molecule is CC(c1ccccc1Cl)N(C)CCCC(C)(C)C(=O)O. The van der Waals surface area contributed by atoms with Crippen molar-refractivity contribution in [2.75, 3.05) is 13.6 Å². The summed E-state index contributed by atoms with van der Waals surface area (Å²) < 4.78 is 0. The molecule has 1 atom stereocenters. The highest BCUT2D eigenvalue weighted by atomic mass is 35.5. The second kappa shape index (κ2) is 7.09. The molecule has 0 bridgehead atoms. The van der Waals surface area contributed by atoms with Crippen molar-refractivity contribution in [3.8, 4) is 0 Å². The molecule has 3 nitrogen and oxygen atoms in total. The molecule has 0 saturated carbocycles. The lowest BCUT2D eigenvalue weighted by atomic mass is 9.88. The zero-order valence-corrected chi connectivity index (χ0v) is 13.4. The summed E-state index contributed by atoms with van der Waals surface area (Å²) in [4.78, 5) is 13.3. The molecule has 20 heavy (non-hydrogen) atoms. The van der Waals surface area contributed by atoms with Crippen LogP contribution in [0.1, 0.15) is 45.2 Å². The fraction of sp³-hybridized carbons (Fsp3) is 0.562. The van der Waals surface area contributed by atoms with E-state index in [1.807, 2.05) is 31.3 Å². The highest BCUT2D eigenvalue weighted by Gasteiger charge is 2.26. The Labute approximate surface area is 126 Å². The molecule has 0 aromatic heterocycles. The normalized spacial score (nSPS) is 13.5. The Bertz CT molecular complexity index is 460. The molecule has 0 aliphatic carbocycles. The van der Waals surface area contributed by atoms with Gasteiger partial charge < -0.3 is 5.11 Å². The summed E-state index contributed by atoms with van der Waals surface area (Å²) in [5.74, 6) is -0.737. The summed E-state index contributed by atoms with van der Waals surface area (Å²) in [6, 6.07) is 8.06. The van der Waals surface area contributed by atoms with E-state index in [0.717, 1.165) is 23.6 Å². The van der Waals surface area contributed by atoms with E-state index in [1.165, 1.54) is 0 Å². The number of carboxylic acids is 1. The number of rotatable bonds is 7. The molecule has 0 amide bonds. The molecule has 0 fully saturated rings. The van der Waals surface area contributed by atoms with Gasteiger partial charge in [-0.3, -0.25) is 9.69 Å². The fourth-order valence-electron chi connectivity index (χ4n) is 2.12. The molecule has 1 aromatic carbocycles. The molecule has 0 spiro atoms. The van der Waals surface area contributed by atoms with E-state index >= 15 is 0 Å². The lowest BCUT2D eigenvalue weighted by Gasteiger charge is -2.27. The Morgan fingerprint density at radius 1 is 1.40 bits per heavy atom. The summed E-state index contributed by atoms with van der Waals surface area (Å²) in [6.45, 7) is 6.51. The van der Waals surface area contributed by atoms with Crippen molar-refractivity contribution in [2.24, 2.45) is 5.41 Å². The maximum atomic E-state index is 11.1. The first-order chi connectivity index (χ1) is 9.25. The van der Waals surface area contributed by atoms with E-state index in [0.29, 0.717) is 6.42 Å². The first-order valence-electron chi connectivity index (χ1n) is 6.94. The number of halogens is 1. The standard InChI is InChI=1S/C16H24ClNO2/c1-12(13-8-5-6-9-14(13)17)18(4)11-7-10-16(2,3)15(19)20/h5-6,8-9,12H,7,10-11H2,1-4H3,(H,19,20). The Hall–Kier alpha value is -1.06. The number of hydrogen-bond donors (Lipinski definition) is 1. The molecule has 0 radical (unpaired) electrons.